The summed E-state index contributed by atoms with van der Waals surface area (Å²) < 4.78 is 5.03. The standard InChI is InChI=1S/C21H33N3O3/c1-21(2,3)15-19(25)23-16-8-9-18(24-11-5-6-12-24)17(14-16)20(26)22-10-7-13-27-4/h8-9,14H,5-7,10-13,15H2,1-4H3,(H,22,26)(H,23,25). The monoisotopic (exact) mass is 375 g/mol. The van der Waals surface area contributed by atoms with E-state index in [0.29, 0.717) is 30.8 Å². The Kier molecular flexibility index (Phi) is 7.66. The number of hydrogen-bond donors (Lipinski definition) is 2. The lowest BCUT2D eigenvalue weighted by Gasteiger charge is -2.22. The Morgan fingerprint density at radius 3 is 2.52 bits per heavy atom. The molecule has 1 aliphatic heterocycles. The van der Waals surface area contributed by atoms with E-state index in [2.05, 4.69) is 15.5 Å². The molecular formula is C21H33N3O3. The maximum atomic E-state index is 12.8. The number of rotatable bonds is 8. The molecule has 0 atom stereocenters. The van der Waals surface area contributed by atoms with Gasteiger partial charge in [0.1, 0.15) is 0 Å². The largest absolute Gasteiger partial charge is 0.385 e. The fraction of sp³-hybridized carbons (Fsp3) is 0.619. The number of methoxy groups -OCH3 is 1. The van der Waals surface area contributed by atoms with Crippen LogP contribution in [0.1, 0.15) is 56.8 Å². The summed E-state index contributed by atoms with van der Waals surface area (Å²) in [5, 5.41) is 5.89. The van der Waals surface area contributed by atoms with Gasteiger partial charge >= 0.3 is 0 Å². The number of hydrogen-bond acceptors (Lipinski definition) is 4. The number of anilines is 2. The molecule has 1 heterocycles. The van der Waals surface area contributed by atoms with E-state index in [1.165, 1.54) is 0 Å². The van der Waals surface area contributed by atoms with Crippen LogP contribution in [0.3, 0.4) is 0 Å². The molecule has 6 nitrogen and oxygen atoms in total. The average molecular weight is 376 g/mol. The van der Waals surface area contributed by atoms with E-state index in [-0.39, 0.29) is 17.2 Å². The maximum Gasteiger partial charge on any atom is 0.253 e. The number of ether oxygens (including phenoxy) is 1. The third kappa shape index (κ3) is 6.86. The molecule has 1 aromatic carbocycles. The molecule has 6 heteroatoms. The number of carbonyl (C=O) groups is 2. The highest BCUT2D eigenvalue weighted by Crippen LogP contribution is 2.28. The highest BCUT2D eigenvalue weighted by atomic mass is 16.5. The molecule has 2 N–H and O–H groups in total. The normalized spacial score (nSPS) is 14.3. The van der Waals surface area contributed by atoms with Crippen LogP contribution in [0, 0.1) is 5.41 Å². The topological polar surface area (TPSA) is 70.7 Å². The molecule has 0 unspecified atom stereocenters. The lowest BCUT2D eigenvalue weighted by atomic mass is 9.92. The minimum absolute atomic E-state index is 0.0390. The van der Waals surface area contributed by atoms with Crippen molar-refractivity contribution >= 4 is 23.2 Å². The van der Waals surface area contributed by atoms with E-state index >= 15 is 0 Å². The summed E-state index contributed by atoms with van der Waals surface area (Å²) in [4.78, 5) is 27.3. The smallest absolute Gasteiger partial charge is 0.253 e. The molecule has 2 rings (SSSR count). The van der Waals surface area contributed by atoms with Crippen LogP contribution in [0.4, 0.5) is 11.4 Å². The van der Waals surface area contributed by atoms with E-state index in [0.717, 1.165) is 38.0 Å². The Morgan fingerprint density at radius 2 is 1.89 bits per heavy atom. The first-order valence-corrected chi connectivity index (χ1v) is 9.76. The van der Waals surface area contributed by atoms with Crippen LogP contribution in [0.15, 0.2) is 18.2 Å². The molecular weight excluding hydrogens is 342 g/mol. The van der Waals surface area contributed by atoms with E-state index in [1.807, 2.05) is 32.9 Å². The first-order chi connectivity index (χ1) is 12.8. The third-order valence-electron chi connectivity index (χ3n) is 4.47. The minimum Gasteiger partial charge on any atom is -0.385 e. The van der Waals surface area contributed by atoms with Crippen molar-refractivity contribution in [1.29, 1.82) is 0 Å². The molecule has 1 aliphatic rings. The number of benzene rings is 1. The van der Waals surface area contributed by atoms with Gasteiger partial charge in [0.05, 0.1) is 5.56 Å². The van der Waals surface area contributed by atoms with Crippen molar-refractivity contribution in [2.45, 2.75) is 46.5 Å². The summed E-state index contributed by atoms with van der Waals surface area (Å²) in [7, 11) is 1.65. The van der Waals surface area contributed by atoms with E-state index in [9.17, 15) is 9.59 Å². The predicted octanol–water partition coefficient (Wildman–Crippen LogP) is 3.43. The average Bonchev–Trinajstić information content (AvgIpc) is 3.11. The molecule has 27 heavy (non-hydrogen) atoms. The van der Waals surface area contributed by atoms with Gasteiger partial charge in [-0.25, -0.2) is 0 Å². The molecule has 0 radical (unpaired) electrons. The molecule has 0 bridgehead atoms. The summed E-state index contributed by atoms with van der Waals surface area (Å²) in [6, 6.07) is 5.62. The van der Waals surface area contributed by atoms with Crippen LogP contribution in [-0.2, 0) is 9.53 Å². The van der Waals surface area contributed by atoms with Crippen LogP contribution in [0.5, 0.6) is 0 Å². The molecule has 0 aliphatic carbocycles. The van der Waals surface area contributed by atoms with Gasteiger partial charge in [-0.1, -0.05) is 20.8 Å². The zero-order chi connectivity index (χ0) is 19.9. The molecule has 150 valence electrons. The minimum atomic E-state index is -0.111. The third-order valence-corrected chi connectivity index (χ3v) is 4.47. The molecule has 1 aromatic rings. The molecule has 1 saturated heterocycles. The molecule has 2 amide bonds. The summed E-state index contributed by atoms with van der Waals surface area (Å²) >= 11 is 0. The summed E-state index contributed by atoms with van der Waals surface area (Å²) in [6.45, 7) is 9.18. The van der Waals surface area contributed by atoms with Crippen LogP contribution >= 0.6 is 0 Å². The number of amides is 2. The quantitative estimate of drug-likeness (QED) is 0.683. The Labute approximate surface area is 162 Å². The van der Waals surface area contributed by atoms with Gasteiger partial charge in [0.25, 0.3) is 5.91 Å². The van der Waals surface area contributed by atoms with Gasteiger partial charge in [-0.2, -0.15) is 0 Å². The summed E-state index contributed by atoms with van der Waals surface area (Å²) in [6.07, 6.45) is 3.47. The van der Waals surface area contributed by atoms with Gasteiger partial charge in [-0.05, 0) is 42.9 Å². The van der Waals surface area contributed by atoms with Crippen molar-refractivity contribution < 1.29 is 14.3 Å². The predicted molar refractivity (Wildman–Crippen MR) is 109 cm³/mol. The number of nitrogens with zero attached hydrogens (tertiary/aromatic N) is 1. The lowest BCUT2D eigenvalue weighted by Crippen LogP contribution is -2.29. The van der Waals surface area contributed by atoms with Gasteiger partial charge in [-0.15, -0.1) is 0 Å². The van der Waals surface area contributed by atoms with Gasteiger partial charge < -0.3 is 20.3 Å². The summed E-state index contributed by atoms with van der Waals surface area (Å²) in [5.74, 6) is -0.150. The van der Waals surface area contributed by atoms with Crippen molar-refractivity contribution in [3.8, 4) is 0 Å². The van der Waals surface area contributed by atoms with Crippen LogP contribution in [0.2, 0.25) is 0 Å². The zero-order valence-corrected chi connectivity index (χ0v) is 17.1. The van der Waals surface area contributed by atoms with Crippen LogP contribution < -0.4 is 15.5 Å². The second-order valence-corrected chi connectivity index (χ2v) is 8.31. The number of nitrogens with one attached hydrogen (secondary N) is 2. The first kappa shape index (κ1) is 21.2. The Bertz CT molecular complexity index is 647. The number of carbonyl (C=O) groups excluding carboxylic acids is 2. The highest BCUT2D eigenvalue weighted by Gasteiger charge is 2.21. The van der Waals surface area contributed by atoms with E-state index in [4.69, 9.17) is 4.74 Å². The SMILES string of the molecule is COCCCNC(=O)c1cc(NC(=O)CC(C)(C)C)ccc1N1CCCC1. The van der Waals surface area contributed by atoms with Gasteiger partial charge in [-0.3, -0.25) is 9.59 Å². The first-order valence-electron chi connectivity index (χ1n) is 9.76. The van der Waals surface area contributed by atoms with E-state index < -0.39 is 0 Å². The zero-order valence-electron chi connectivity index (χ0n) is 17.1. The van der Waals surface area contributed by atoms with Crippen molar-refractivity contribution in [3.05, 3.63) is 23.8 Å². The fourth-order valence-electron chi connectivity index (χ4n) is 3.23. The van der Waals surface area contributed by atoms with Gasteiger partial charge in [0.2, 0.25) is 5.91 Å². The molecule has 0 saturated carbocycles. The molecule has 0 spiro atoms. The summed E-state index contributed by atoms with van der Waals surface area (Å²) in [5.41, 5.74) is 2.13. The second-order valence-electron chi connectivity index (χ2n) is 8.31. The fourth-order valence-corrected chi connectivity index (χ4v) is 3.23. The highest BCUT2D eigenvalue weighted by molar-refractivity contribution is 6.02. The Balaban J connectivity index is 2.15. The Hall–Kier alpha value is -2.08. The maximum absolute atomic E-state index is 12.8. The van der Waals surface area contributed by atoms with E-state index in [1.54, 1.807) is 13.2 Å². The van der Waals surface area contributed by atoms with Gasteiger partial charge in [0, 0.05) is 51.1 Å². The van der Waals surface area contributed by atoms with Crippen molar-refractivity contribution in [1.82, 2.24) is 5.32 Å². The van der Waals surface area contributed by atoms with Crippen molar-refractivity contribution in [3.63, 3.8) is 0 Å². The van der Waals surface area contributed by atoms with Crippen molar-refractivity contribution in [2.24, 2.45) is 5.41 Å². The van der Waals surface area contributed by atoms with Gasteiger partial charge in [0.15, 0.2) is 0 Å². The van der Waals surface area contributed by atoms with Crippen LogP contribution in [0.25, 0.3) is 0 Å². The second kappa shape index (κ2) is 9.74. The molecule has 1 fully saturated rings. The van der Waals surface area contributed by atoms with Crippen molar-refractivity contribution in [2.75, 3.05) is 43.6 Å². The van der Waals surface area contributed by atoms with Crippen LogP contribution in [-0.4, -0.2) is 45.2 Å². The Morgan fingerprint density at radius 1 is 1.19 bits per heavy atom. The lowest BCUT2D eigenvalue weighted by molar-refractivity contribution is -0.117. The molecule has 0 aromatic heterocycles.